The summed E-state index contributed by atoms with van der Waals surface area (Å²) in [7, 11) is 2.89. The molecule has 0 radical (unpaired) electrons. The molecule has 1 spiro atoms. The number of ketones is 1. The summed E-state index contributed by atoms with van der Waals surface area (Å²) >= 11 is 0. The molecular formula is C23H30N2O7. The van der Waals surface area contributed by atoms with Gasteiger partial charge in [0.2, 0.25) is 5.78 Å². The first-order chi connectivity index (χ1) is 15.0. The number of carbonyl (C=O) groups is 4. The van der Waals surface area contributed by atoms with Gasteiger partial charge in [-0.05, 0) is 48.8 Å². The van der Waals surface area contributed by atoms with Crippen molar-refractivity contribution in [1.29, 1.82) is 0 Å². The average Bonchev–Trinajstić information content (AvgIpc) is 2.93. The van der Waals surface area contributed by atoms with Crippen molar-refractivity contribution in [2.45, 2.75) is 45.6 Å². The molecule has 1 aromatic rings. The van der Waals surface area contributed by atoms with E-state index < -0.39 is 42.4 Å². The molecule has 1 heterocycles. The minimum Gasteiger partial charge on any atom is -0.497 e. The van der Waals surface area contributed by atoms with Gasteiger partial charge in [-0.25, -0.2) is 4.79 Å². The van der Waals surface area contributed by atoms with E-state index in [0.29, 0.717) is 24.3 Å². The van der Waals surface area contributed by atoms with Gasteiger partial charge in [0.1, 0.15) is 23.6 Å². The molecule has 2 fully saturated rings. The highest BCUT2D eigenvalue weighted by molar-refractivity contribution is 6.09. The van der Waals surface area contributed by atoms with E-state index in [1.165, 1.54) is 20.3 Å². The van der Waals surface area contributed by atoms with Crippen molar-refractivity contribution in [3.05, 3.63) is 23.8 Å². The molecule has 0 unspecified atom stereocenters. The van der Waals surface area contributed by atoms with Gasteiger partial charge < -0.3 is 19.5 Å². The number of urea groups is 1. The summed E-state index contributed by atoms with van der Waals surface area (Å²) in [6.07, 6.45) is 1.99. The number of amides is 3. The number of carbonyl (C=O) groups excluding carboxylic acids is 4. The molecule has 1 aliphatic carbocycles. The molecule has 3 amide bonds. The Morgan fingerprint density at radius 3 is 2.50 bits per heavy atom. The SMILES string of the molecule is COc1ccc(OC)c(C(=O)COC(=O)CN2C(=O)N[C@@]3(C[C@H](C)CC(C)(C)C3)C2=O)c1. The Kier molecular flexibility index (Phi) is 6.48. The van der Waals surface area contributed by atoms with Crippen LogP contribution in [0.25, 0.3) is 0 Å². The molecule has 3 rings (SSSR count). The number of rotatable bonds is 7. The van der Waals surface area contributed by atoms with Gasteiger partial charge in [0.15, 0.2) is 6.61 Å². The lowest BCUT2D eigenvalue weighted by Crippen LogP contribution is -2.54. The second-order valence-electron chi connectivity index (χ2n) is 9.41. The van der Waals surface area contributed by atoms with Crippen LogP contribution in [0.3, 0.4) is 0 Å². The maximum absolute atomic E-state index is 13.1. The topological polar surface area (TPSA) is 111 Å². The number of hydrogen-bond donors (Lipinski definition) is 1. The lowest BCUT2D eigenvalue weighted by atomic mass is 9.64. The van der Waals surface area contributed by atoms with Crippen LogP contribution in [-0.4, -0.2) is 61.5 Å². The normalized spacial score (nSPS) is 24.3. The molecule has 1 aromatic carbocycles. The lowest BCUT2D eigenvalue weighted by molar-refractivity contribution is -0.147. The molecule has 174 valence electrons. The van der Waals surface area contributed by atoms with Crippen molar-refractivity contribution in [2.24, 2.45) is 11.3 Å². The van der Waals surface area contributed by atoms with Gasteiger partial charge in [0.05, 0.1) is 19.8 Å². The van der Waals surface area contributed by atoms with Gasteiger partial charge in [-0.15, -0.1) is 0 Å². The first-order valence-corrected chi connectivity index (χ1v) is 10.6. The Hall–Kier alpha value is -3.10. The molecule has 9 nitrogen and oxygen atoms in total. The predicted octanol–water partition coefficient (Wildman–Crippen LogP) is 2.57. The molecule has 2 atom stereocenters. The van der Waals surface area contributed by atoms with E-state index in [2.05, 4.69) is 26.1 Å². The third-order valence-electron chi connectivity index (χ3n) is 5.98. The zero-order chi connectivity index (χ0) is 23.7. The highest BCUT2D eigenvalue weighted by Crippen LogP contribution is 2.46. The Morgan fingerprint density at radius 1 is 1.16 bits per heavy atom. The lowest BCUT2D eigenvalue weighted by Gasteiger charge is -2.43. The Morgan fingerprint density at radius 2 is 1.88 bits per heavy atom. The van der Waals surface area contributed by atoms with Gasteiger partial charge in [-0.2, -0.15) is 0 Å². The van der Waals surface area contributed by atoms with Crippen LogP contribution < -0.4 is 14.8 Å². The van der Waals surface area contributed by atoms with Crippen molar-refractivity contribution < 1.29 is 33.4 Å². The van der Waals surface area contributed by atoms with Gasteiger partial charge in [-0.1, -0.05) is 20.8 Å². The van der Waals surface area contributed by atoms with E-state index in [4.69, 9.17) is 14.2 Å². The van der Waals surface area contributed by atoms with Crippen LogP contribution in [0.15, 0.2) is 18.2 Å². The average molecular weight is 447 g/mol. The highest BCUT2D eigenvalue weighted by Gasteiger charge is 2.56. The number of hydrogen-bond acceptors (Lipinski definition) is 7. The second kappa shape index (κ2) is 8.80. The fourth-order valence-electron chi connectivity index (χ4n) is 5.08. The summed E-state index contributed by atoms with van der Waals surface area (Å²) < 4.78 is 15.4. The van der Waals surface area contributed by atoms with Crippen LogP contribution in [-0.2, 0) is 14.3 Å². The molecule has 1 saturated carbocycles. The predicted molar refractivity (Wildman–Crippen MR) is 115 cm³/mol. The minimum atomic E-state index is -0.998. The highest BCUT2D eigenvalue weighted by atomic mass is 16.5. The number of ether oxygens (including phenoxy) is 3. The number of nitrogens with zero attached hydrogens (tertiary/aromatic N) is 1. The number of methoxy groups -OCH3 is 2. The van der Waals surface area contributed by atoms with E-state index in [-0.39, 0.29) is 16.9 Å². The third-order valence-corrected chi connectivity index (χ3v) is 5.98. The van der Waals surface area contributed by atoms with Crippen molar-refractivity contribution in [3.63, 3.8) is 0 Å². The van der Waals surface area contributed by atoms with Crippen molar-refractivity contribution in [3.8, 4) is 11.5 Å². The summed E-state index contributed by atoms with van der Waals surface area (Å²) in [6, 6.07) is 4.09. The first kappa shape index (κ1) is 23.6. The monoisotopic (exact) mass is 446 g/mol. The number of esters is 1. The zero-order valence-corrected chi connectivity index (χ0v) is 19.1. The fraction of sp³-hybridized carbons (Fsp3) is 0.565. The van der Waals surface area contributed by atoms with E-state index in [1.807, 2.05) is 0 Å². The van der Waals surface area contributed by atoms with E-state index >= 15 is 0 Å². The molecule has 0 aromatic heterocycles. The summed E-state index contributed by atoms with van der Waals surface area (Å²) in [5.41, 5.74) is -0.909. The summed E-state index contributed by atoms with van der Waals surface area (Å²) in [6.45, 7) is 5.08. The summed E-state index contributed by atoms with van der Waals surface area (Å²) in [5.74, 6) is -0.730. The second-order valence-corrected chi connectivity index (χ2v) is 9.41. The van der Waals surface area contributed by atoms with E-state index in [1.54, 1.807) is 12.1 Å². The number of Topliss-reactive ketones (excluding diaryl/α,β-unsaturated/α-hetero) is 1. The number of imide groups is 1. The molecular weight excluding hydrogens is 416 g/mol. The Labute approximate surface area is 187 Å². The zero-order valence-electron chi connectivity index (χ0n) is 19.1. The van der Waals surface area contributed by atoms with Crippen LogP contribution in [0.4, 0.5) is 4.79 Å². The van der Waals surface area contributed by atoms with Crippen LogP contribution >= 0.6 is 0 Å². The molecule has 32 heavy (non-hydrogen) atoms. The van der Waals surface area contributed by atoms with Crippen LogP contribution in [0, 0.1) is 11.3 Å². The van der Waals surface area contributed by atoms with E-state index in [9.17, 15) is 19.2 Å². The molecule has 1 aliphatic heterocycles. The van der Waals surface area contributed by atoms with Gasteiger partial charge >= 0.3 is 12.0 Å². The molecule has 2 aliphatic rings. The maximum atomic E-state index is 13.1. The quantitative estimate of drug-likeness (QED) is 0.389. The van der Waals surface area contributed by atoms with Crippen molar-refractivity contribution >= 4 is 23.7 Å². The smallest absolute Gasteiger partial charge is 0.326 e. The van der Waals surface area contributed by atoms with Crippen molar-refractivity contribution in [2.75, 3.05) is 27.4 Å². The maximum Gasteiger partial charge on any atom is 0.326 e. The molecule has 1 N–H and O–H groups in total. The van der Waals surface area contributed by atoms with Crippen LogP contribution in [0.5, 0.6) is 11.5 Å². The number of benzene rings is 1. The Balaban J connectivity index is 1.64. The standard InChI is InChI=1S/C23H30N2O7/c1-14-9-22(2,3)13-23(10-14)20(28)25(21(29)24-23)11-19(27)32-12-17(26)16-8-15(30-4)6-7-18(16)31-5/h6-8,14H,9-13H2,1-5H3,(H,24,29)/t14-,23-/m1/s1. The summed E-state index contributed by atoms with van der Waals surface area (Å²) in [4.78, 5) is 51.4. The summed E-state index contributed by atoms with van der Waals surface area (Å²) in [5, 5.41) is 2.81. The molecule has 1 saturated heterocycles. The van der Waals surface area contributed by atoms with Gasteiger partial charge in [0.25, 0.3) is 5.91 Å². The van der Waals surface area contributed by atoms with E-state index in [0.717, 1.165) is 11.3 Å². The largest absolute Gasteiger partial charge is 0.497 e. The first-order valence-electron chi connectivity index (χ1n) is 10.6. The van der Waals surface area contributed by atoms with Gasteiger partial charge in [0, 0.05) is 0 Å². The molecule has 9 heteroatoms. The van der Waals surface area contributed by atoms with Crippen molar-refractivity contribution in [1.82, 2.24) is 10.2 Å². The minimum absolute atomic E-state index is 0.112. The van der Waals surface area contributed by atoms with Crippen LogP contribution in [0.2, 0.25) is 0 Å². The van der Waals surface area contributed by atoms with Crippen LogP contribution in [0.1, 0.15) is 50.4 Å². The fourth-order valence-corrected chi connectivity index (χ4v) is 5.08. The Bertz CT molecular complexity index is 942. The molecule has 0 bridgehead atoms. The number of nitrogens with one attached hydrogen (secondary N) is 1. The third kappa shape index (κ3) is 4.71. The van der Waals surface area contributed by atoms with Gasteiger partial charge in [-0.3, -0.25) is 19.3 Å².